The third-order valence-electron chi connectivity index (χ3n) is 4.73. The first-order valence-electron chi connectivity index (χ1n) is 9.88. The molecule has 0 spiro atoms. The largest absolute Gasteiger partial charge is 0.467 e. The molecule has 1 fully saturated rings. The van der Waals surface area contributed by atoms with Gasteiger partial charge in [0, 0.05) is 25.3 Å². The summed E-state index contributed by atoms with van der Waals surface area (Å²) in [6.07, 6.45) is 4.70. The summed E-state index contributed by atoms with van der Waals surface area (Å²) in [6.45, 7) is 0.208. The molecule has 162 valence electrons. The number of amidine groups is 1. The summed E-state index contributed by atoms with van der Waals surface area (Å²) < 4.78 is 19.5. The van der Waals surface area contributed by atoms with Gasteiger partial charge in [0.05, 0.1) is 23.9 Å². The van der Waals surface area contributed by atoms with Gasteiger partial charge in [0.1, 0.15) is 11.6 Å². The van der Waals surface area contributed by atoms with E-state index in [1.165, 1.54) is 17.0 Å². The van der Waals surface area contributed by atoms with E-state index in [9.17, 15) is 9.18 Å². The van der Waals surface area contributed by atoms with Gasteiger partial charge in [0.25, 0.3) is 5.91 Å². The number of hydrogen-bond donors (Lipinski definition) is 0. The Morgan fingerprint density at radius 1 is 1.09 bits per heavy atom. The van der Waals surface area contributed by atoms with Crippen LogP contribution in [-0.4, -0.2) is 36.3 Å². The van der Waals surface area contributed by atoms with Gasteiger partial charge >= 0.3 is 0 Å². The molecule has 0 N–H and O–H groups in total. The minimum atomic E-state index is -0.393. The SMILES string of the molecule is CN(C)c1ccc(/C=N\N=C2\S/C(=C\c3ccccc3F)C(=O)N2Cc2ccco2)cc1. The third kappa shape index (κ3) is 4.97. The Labute approximate surface area is 189 Å². The maximum atomic E-state index is 14.1. The van der Waals surface area contributed by atoms with Crippen molar-refractivity contribution in [2.75, 3.05) is 19.0 Å². The minimum absolute atomic E-state index is 0.208. The fraction of sp³-hybridized carbons (Fsp3) is 0.125. The smallest absolute Gasteiger partial charge is 0.267 e. The lowest BCUT2D eigenvalue weighted by Gasteiger charge is -2.12. The first-order valence-corrected chi connectivity index (χ1v) is 10.7. The summed E-state index contributed by atoms with van der Waals surface area (Å²) in [5.74, 6) is -0.0588. The lowest BCUT2D eigenvalue weighted by Crippen LogP contribution is -2.28. The number of amides is 1. The van der Waals surface area contributed by atoms with Crippen molar-refractivity contribution in [2.24, 2.45) is 10.2 Å². The molecule has 1 amide bonds. The fourth-order valence-electron chi connectivity index (χ4n) is 3.02. The number of rotatable bonds is 6. The fourth-order valence-corrected chi connectivity index (χ4v) is 3.94. The van der Waals surface area contributed by atoms with Gasteiger partial charge in [-0.2, -0.15) is 5.10 Å². The van der Waals surface area contributed by atoms with Crippen LogP contribution >= 0.6 is 11.8 Å². The molecule has 8 heteroatoms. The van der Waals surface area contributed by atoms with Crippen LogP contribution in [0.15, 0.2) is 86.5 Å². The van der Waals surface area contributed by atoms with Gasteiger partial charge in [-0.15, -0.1) is 5.10 Å². The first kappa shape index (κ1) is 21.6. The molecule has 32 heavy (non-hydrogen) atoms. The van der Waals surface area contributed by atoms with Crippen LogP contribution in [0.4, 0.5) is 10.1 Å². The molecule has 2 aromatic carbocycles. The molecule has 0 radical (unpaired) electrons. The zero-order chi connectivity index (χ0) is 22.5. The van der Waals surface area contributed by atoms with Crippen LogP contribution in [-0.2, 0) is 11.3 Å². The molecular formula is C24H21FN4O2S. The van der Waals surface area contributed by atoms with Crippen molar-refractivity contribution in [3.63, 3.8) is 0 Å². The number of anilines is 1. The molecule has 2 heterocycles. The van der Waals surface area contributed by atoms with Gasteiger partial charge in [-0.3, -0.25) is 9.69 Å². The zero-order valence-corrected chi connectivity index (χ0v) is 18.4. The quantitative estimate of drug-likeness (QED) is 0.303. The van der Waals surface area contributed by atoms with Gasteiger partial charge < -0.3 is 9.32 Å². The van der Waals surface area contributed by atoms with E-state index in [1.54, 1.807) is 42.8 Å². The average molecular weight is 449 g/mol. The van der Waals surface area contributed by atoms with E-state index < -0.39 is 5.82 Å². The summed E-state index contributed by atoms with van der Waals surface area (Å²) >= 11 is 1.15. The molecule has 0 unspecified atom stereocenters. The number of benzene rings is 2. The lowest BCUT2D eigenvalue weighted by molar-refractivity contribution is -0.122. The highest BCUT2D eigenvalue weighted by molar-refractivity contribution is 8.18. The van der Waals surface area contributed by atoms with E-state index in [0.717, 1.165) is 23.0 Å². The van der Waals surface area contributed by atoms with Crippen LogP contribution in [0.25, 0.3) is 6.08 Å². The van der Waals surface area contributed by atoms with Crippen molar-refractivity contribution < 1.29 is 13.6 Å². The molecule has 1 aromatic heterocycles. The molecule has 1 aliphatic rings. The molecule has 0 atom stereocenters. The van der Waals surface area contributed by atoms with E-state index >= 15 is 0 Å². The Hall–Kier alpha value is -3.65. The van der Waals surface area contributed by atoms with E-state index in [0.29, 0.717) is 21.4 Å². The minimum Gasteiger partial charge on any atom is -0.467 e. The second-order valence-electron chi connectivity index (χ2n) is 7.22. The Bertz CT molecular complexity index is 1180. The van der Waals surface area contributed by atoms with Crippen LogP contribution < -0.4 is 4.90 Å². The topological polar surface area (TPSA) is 61.4 Å². The molecule has 4 rings (SSSR count). The number of hydrogen-bond acceptors (Lipinski definition) is 6. The van der Waals surface area contributed by atoms with Gasteiger partial charge in [-0.05, 0) is 53.7 Å². The average Bonchev–Trinajstić information content (AvgIpc) is 3.40. The lowest BCUT2D eigenvalue weighted by atomic mass is 10.2. The Morgan fingerprint density at radius 3 is 2.56 bits per heavy atom. The first-order chi connectivity index (χ1) is 15.5. The summed E-state index contributed by atoms with van der Waals surface area (Å²) in [7, 11) is 3.95. The molecule has 3 aromatic rings. The highest BCUT2D eigenvalue weighted by Crippen LogP contribution is 2.34. The van der Waals surface area contributed by atoms with Gasteiger partial charge in [0.15, 0.2) is 5.17 Å². The van der Waals surface area contributed by atoms with Gasteiger partial charge in [-0.1, -0.05) is 30.3 Å². The van der Waals surface area contributed by atoms with Crippen LogP contribution in [0.2, 0.25) is 0 Å². The predicted molar refractivity (Wildman–Crippen MR) is 127 cm³/mol. The van der Waals surface area contributed by atoms with Crippen LogP contribution in [0.5, 0.6) is 0 Å². The van der Waals surface area contributed by atoms with Crippen LogP contribution in [0.3, 0.4) is 0 Å². The Balaban J connectivity index is 1.60. The monoisotopic (exact) mass is 448 g/mol. The van der Waals surface area contributed by atoms with Crippen molar-refractivity contribution in [3.05, 3.63) is 94.5 Å². The molecule has 0 aliphatic carbocycles. The van der Waals surface area contributed by atoms with E-state index in [1.807, 2.05) is 43.3 Å². The number of nitrogens with zero attached hydrogens (tertiary/aromatic N) is 4. The summed E-state index contributed by atoms with van der Waals surface area (Å²) in [5, 5.41) is 8.84. The molecule has 0 bridgehead atoms. The second-order valence-corrected chi connectivity index (χ2v) is 8.23. The van der Waals surface area contributed by atoms with Crippen LogP contribution in [0.1, 0.15) is 16.9 Å². The zero-order valence-electron chi connectivity index (χ0n) is 17.6. The van der Waals surface area contributed by atoms with Crippen molar-refractivity contribution in [3.8, 4) is 0 Å². The maximum Gasteiger partial charge on any atom is 0.267 e. The number of halogens is 1. The van der Waals surface area contributed by atoms with E-state index in [-0.39, 0.29) is 12.5 Å². The van der Waals surface area contributed by atoms with Gasteiger partial charge in [0.2, 0.25) is 0 Å². The van der Waals surface area contributed by atoms with E-state index in [2.05, 4.69) is 10.2 Å². The predicted octanol–water partition coefficient (Wildman–Crippen LogP) is 4.99. The van der Waals surface area contributed by atoms with Crippen molar-refractivity contribution in [1.29, 1.82) is 0 Å². The standard InChI is InChI=1S/C24H21FN4O2S/c1-28(2)19-11-9-17(10-12-19)15-26-27-24-29(16-20-7-5-13-31-20)23(30)22(32-24)14-18-6-3-4-8-21(18)25/h3-15H,16H2,1-2H3/b22-14-,26-15-,27-24+. The number of thioether (sulfide) groups is 1. The van der Waals surface area contributed by atoms with Crippen molar-refractivity contribution in [2.45, 2.75) is 6.54 Å². The highest BCUT2D eigenvalue weighted by atomic mass is 32.2. The number of carbonyl (C=O) groups excluding carboxylic acids is 1. The maximum absolute atomic E-state index is 14.1. The molecule has 6 nitrogen and oxygen atoms in total. The summed E-state index contributed by atoms with van der Waals surface area (Å²) in [5.41, 5.74) is 2.30. The van der Waals surface area contributed by atoms with Crippen molar-refractivity contribution in [1.82, 2.24) is 4.90 Å². The molecule has 1 saturated heterocycles. The summed E-state index contributed by atoms with van der Waals surface area (Å²) in [6, 6.07) is 17.7. The third-order valence-corrected chi connectivity index (χ3v) is 5.73. The normalized spacial score (nSPS) is 16.6. The molecular weight excluding hydrogens is 427 g/mol. The molecule has 0 saturated carbocycles. The Kier molecular flexibility index (Phi) is 6.51. The number of carbonyl (C=O) groups is 1. The van der Waals surface area contributed by atoms with Gasteiger partial charge in [-0.25, -0.2) is 4.39 Å². The second kappa shape index (κ2) is 9.65. The molecule has 1 aliphatic heterocycles. The highest BCUT2D eigenvalue weighted by Gasteiger charge is 2.34. The Morgan fingerprint density at radius 2 is 1.88 bits per heavy atom. The number of furan rings is 1. The van der Waals surface area contributed by atoms with Crippen LogP contribution in [0, 0.1) is 5.82 Å². The van der Waals surface area contributed by atoms with E-state index in [4.69, 9.17) is 4.42 Å². The van der Waals surface area contributed by atoms with Crippen molar-refractivity contribution >= 4 is 40.8 Å². The summed E-state index contributed by atoms with van der Waals surface area (Å²) in [4.78, 5) is 16.9.